The lowest BCUT2D eigenvalue weighted by molar-refractivity contribution is 1.11. The molecule has 0 heterocycles. The summed E-state index contributed by atoms with van der Waals surface area (Å²) in [5.41, 5.74) is 3.65. The number of hydrogen-bond donors (Lipinski definition) is 2. The molecule has 0 aliphatic carbocycles. The Morgan fingerprint density at radius 3 is 2.08 bits per heavy atom. The Labute approximate surface area is 86.3 Å². The van der Waals surface area contributed by atoms with Gasteiger partial charge in [-0.2, -0.15) is 25.3 Å². The molecule has 0 aromatic rings. The van der Waals surface area contributed by atoms with Crippen LogP contribution >= 0.6 is 25.3 Å². The highest BCUT2D eigenvalue weighted by atomic mass is 32.1. The second-order valence-electron chi connectivity index (χ2n) is 2.52. The highest BCUT2D eigenvalue weighted by Gasteiger charge is 2.02. The lowest BCUT2D eigenvalue weighted by Gasteiger charge is -2.08. The van der Waals surface area contributed by atoms with Gasteiger partial charge in [-0.15, -0.1) is 0 Å². The Balaban J connectivity index is 4.82. The Morgan fingerprint density at radius 1 is 1.25 bits per heavy atom. The Hall–Kier alpha value is -0.0800. The highest BCUT2D eigenvalue weighted by molar-refractivity contribution is 7.83. The molecule has 0 amide bonds. The Morgan fingerprint density at radius 2 is 1.83 bits per heavy atom. The summed E-state index contributed by atoms with van der Waals surface area (Å²) in [7, 11) is 0. The van der Waals surface area contributed by atoms with Gasteiger partial charge in [0.05, 0.1) is 0 Å². The van der Waals surface area contributed by atoms with Gasteiger partial charge in [-0.3, -0.25) is 0 Å². The maximum atomic E-state index is 4.18. The topological polar surface area (TPSA) is 0 Å². The van der Waals surface area contributed by atoms with Crippen LogP contribution in [-0.2, 0) is 0 Å². The van der Waals surface area contributed by atoms with Crippen LogP contribution in [-0.4, -0.2) is 0 Å². The van der Waals surface area contributed by atoms with E-state index in [2.05, 4.69) is 45.2 Å². The summed E-state index contributed by atoms with van der Waals surface area (Å²) in [6.07, 6.45) is 3.07. The normalized spacial score (nSPS) is 15.2. The third kappa shape index (κ3) is 3.11. The Bertz CT molecular complexity index is 222. The fourth-order valence-corrected chi connectivity index (χ4v) is 1.64. The fraction of sp³-hybridized carbons (Fsp3) is 0.400. The van der Waals surface area contributed by atoms with Gasteiger partial charge in [0.1, 0.15) is 0 Å². The van der Waals surface area contributed by atoms with Gasteiger partial charge in [-0.25, -0.2) is 0 Å². The average molecular weight is 200 g/mol. The smallest absolute Gasteiger partial charge is 0.0133 e. The summed E-state index contributed by atoms with van der Waals surface area (Å²) >= 11 is 8.34. The predicted octanol–water partition coefficient (Wildman–Crippen LogP) is 3.99. The summed E-state index contributed by atoms with van der Waals surface area (Å²) in [6.45, 7) is 6.22. The zero-order chi connectivity index (χ0) is 9.56. The van der Waals surface area contributed by atoms with Crippen LogP contribution in [0.25, 0.3) is 0 Å². The van der Waals surface area contributed by atoms with Crippen molar-refractivity contribution in [2.45, 2.75) is 27.2 Å². The van der Waals surface area contributed by atoms with Gasteiger partial charge in [0, 0.05) is 0 Å². The molecule has 2 heteroatoms. The van der Waals surface area contributed by atoms with Crippen molar-refractivity contribution in [1.82, 2.24) is 0 Å². The van der Waals surface area contributed by atoms with Crippen molar-refractivity contribution in [1.29, 1.82) is 0 Å². The molecule has 12 heavy (non-hydrogen) atoms. The van der Waals surface area contributed by atoms with Crippen LogP contribution in [0, 0.1) is 0 Å². The predicted molar refractivity (Wildman–Crippen MR) is 63.9 cm³/mol. The van der Waals surface area contributed by atoms with E-state index < -0.39 is 0 Å². The summed E-state index contributed by atoms with van der Waals surface area (Å²) in [5.74, 6) is 0. The first-order valence-electron chi connectivity index (χ1n) is 4.02. The maximum Gasteiger partial charge on any atom is -0.0133 e. The van der Waals surface area contributed by atoms with Crippen LogP contribution < -0.4 is 0 Å². The van der Waals surface area contributed by atoms with E-state index in [0.29, 0.717) is 0 Å². The SMILES string of the molecule is C\C=C(C)/C(=C\S)C(=C\S)/CC. The van der Waals surface area contributed by atoms with Crippen LogP contribution in [0.4, 0.5) is 0 Å². The van der Waals surface area contributed by atoms with Gasteiger partial charge in [-0.1, -0.05) is 13.0 Å². The standard InChI is InChI=1S/C10H16S2/c1-4-8(3)10(7-12)9(5-2)6-11/h4,6-7,11-12H,5H2,1-3H3/b8-4-,9-6-,10-7+. The quantitative estimate of drug-likeness (QED) is 0.499. The first kappa shape index (κ1) is 11.9. The van der Waals surface area contributed by atoms with Crippen molar-refractivity contribution < 1.29 is 0 Å². The van der Waals surface area contributed by atoms with Gasteiger partial charge in [0.15, 0.2) is 0 Å². The van der Waals surface area contributed by atoms with Crippen LogP contribution in [0.3, 0.4) is 0 Å². The first-order valence-corrected chi connectivity index (χ1v) is 5.05. The van der Waals surface area contributed by atoms with Crippen molar-refractivity contribution in [2.75, 3.05) is 0 Å². The Kier molecular flexibility index (Phi) is 6.39. The molecule has 0 unspecified atom stereocenters. The number of allylic oxidation sites excluding steroid dienone is 4. The second-order valence-corrected chi connectivity index (χ2v) is 3.04. The van der Waals surface area contributed by atoms with Crippen molar-refractivity contribution in [3.05, 3.63) is 33.6 Å². The third-order valence-corrected chi connectivity index (χ3v) is 2.44. The highest BCUT2D eigenvalue weighted by Crippen LogP contribution is 2.22. The van der Waals surface area contributed by atoms with Gasteiger partial charge >= 0.3 is 0 Å². The summed E-state index contributed by atoms with van der Waals surface area (Å²) < 4.78 is 0. The molecule has 68 valence electrons. The van der Waals surface area contributed by atoms with Crippen LogP contribution in [0.1, 0.15) is 27.2 Å². The fourth-order valence-electron chi connectivity index (χ4n) is 0.945. The van der Waals surface area contributed by atoms with Gasteiger partial charge in [0.2, 0.25) is 0 Å². The molecule has 0 N–H and O–H groups in total. The van der Waals surface area contributed by atoms with E-state index in [1.807, 2.05) is 17.7 Å². The molecule has 0 bridgehead atoms. The van der Waals surface area contributed by atoms with Gasteiger partial charge in [0.25, 0.3) is 0 Å². The average Bonchev–Trinajstić information content (AvgIpc) is 2.12. The number of thiol groups is 2. The molecule has 0 saturated heterocycles. The van der Waals surface area contributed by atoms with Crippen LogP contribution in [0.2, 0.25) is 0 Å². The molecule has 0 spiro atoms. The van der Waals surface area contributed by atoms with Crippen molar-refractivity contribution in [2.24, 2.45) is 0 Å². The van der Waals surface area contributed by atoms with E-state index in [4.69, 9.17) is 0 Å². The zero-order valence-corrected chi connectivity index (χ0v) is 9.62. The maximum absolute atomic E-state index is 4.18. The van der Waals surface area contributed by atoms with E-state index >= 15 is 0 Å². The molecule has 0 atom stereocenters. The molecular formula is C10H16S2. The van der Waals surface area contributed by atoms with Crippen LogP contribution in [0.15, 0.2) is 33.6 Å². The molecule has 0 saturated carbocycles. The molecule has 0 fully saturated rings. The monoisotopic (exact) mass is 200 g/mol. The summed E-state index contributed by atoms with van der Waals surface area (Å²) in [4.78, 5) is 0. The molecule has 0 nitrogen and oxygen atoms in total. The van der Waals surface area contributed by atoms with E-state index in [-0.39, 0.29) is 0 Å². The molecule has 0 radical (unpaired) electrons. The van der Waals surface area contributed by atoms with Gasteiger partial charge in [-0.05, 0) is 47.8 Å². The molecule has 0 rings (SSSR count). The number of hydrogen-bond acceptors (Lipinski definition) is 2. The van der Waals surface area contributed by atoms with E-state index in [9.17, 15) is 0 Å². The summed E-state index contributed by atoms with van der Waals surface area (Å²) in [5, 5.41) is 3.68. The van der Waals surface area contributed by atoms with E-state index in [1.54, 1.807) is 0 Å². The third-order valence-electron chi connectivity index (χ3n) is 1.87. The largest absolute Gasteiger partial charge is 0.151 e. The molecule has 0 aliphatic rings. The molecule has 0 aromatic heterocycles. The van der Waals surface area contributed by atoms with Crippen molar-refractivity contribution >= 4 is 25.3 Å². The minimum Gasteiger partial charge on any atom is -0.151 e. The lowest BCUT2D eigenvalue weighted by atomic mass is 10.0. The number of rotatable bonds is 3. The minimum absolute atomic E-state index is 0.987. The van der Waals surface area contributed by atoms with E-state index in [0.717, 1.165) is 6.42 Å². The molecule has 0 aliphatic heterocycles. The van der Waals surface area contributed by atoms with Crippen molar-refractivity contribution in [3.63, 3.8) is 0 Å². The first-order chi connectivity index (χ1) is 5.71. The summed E-state index contributed by atoms with van der Waals surface area (Å²) in [6, 6.07) is 0. The molecular weight excluding hydrogens is 184 g/mol. The zero-order valence-electron chi connectivity index (χ0n) is 7.83. The lowest BCUT2D eigenvalue weighted by Crippen LogP contribution is -1.88. The van der Waals surface area contributed by atoms with Gasteiger partial charge < -0.3 is 0 Å². The van der Waals surface area contributed by atoms with Crippen molar-refractivity contribution in [3.8, 4) is 0 Å². The van der Waals surface area contributed by atoms with E-state index in [1.165, 1.54) is 16.7 Å². The minimum atomic E-state index is 0.987. The van der Waals surface area contributed by atoms with Crippen LogP contribution in [0.5, 0.6) is 0 Å². The molecule has 0 aromatic carbocycles. The second kappa shape index (κ2) is 6.44.